The molecule has 2 rings (SSSR count). The maximum Gasteiger partial charge on any atom is 0.0992 e. The van der Waals surface area contributed by atoms with Crippen LogP contribution in [-0.2, 0) is 6.54 Å². The van der Waals surface area contributed by atoms with E-state index in [-0.39, 0.29) is 0 Å². The number of aryl methyl sites for hydroxylation is 2. The third kappa shape index (κ3) is 3.36. The van der Waals surface area contributed by atoms with Crippen LogP contribution in [0.5, 0.6) is 0 Å². The van der Waals surface area contributed by atoms with Gasteiger partial charge in [-0.05, 0) is 59.1 Å². The molecule has 0 aliphatic heterocycles. The van der Waals surface area contributed by atoms with Crippen LogP contribution >= 0.6 is 15.9 Å². The van der Waals surface area contributed by atoms with Crippen molar-refractivity contribution in [3.8, 4) is 6.07 Å². The molecule has 96 valence electrons. The van der Waals surface area contributed by atoms with Gasteiger partial charge in [0.1, 0.15) is 0 Å². The Balaban J connectivity index is 2.15. The summed E-state index contributed by atoms with van der Waals surface area (Å²) < 4.78 is 0.914. The van der Waals surface area contributed by atoms with Gasteiger partial charge in [0.2, 0.25) is 0 Å². The van der Waals surface area contributed by atoms with Crippen molar-refractivity contribution in [2.45, 2.75) is 20.4 Å². The number of nitrogens with one attached hydrogen (secondary N) is 1. The number of rotatable bonds is 3. The van der Waals surface area contributed by atoms with Gasteiger partial charge in [-0.15, -0.1) is 0 Å². The summed E-state index contributed by atoms with van der Waals surface area (Å²) in [6.07, 6.45) is 0. The lowest BCUT2D eigenvalue weighted by molar-refractivity contribution is 1.11. The monoisotopic (exact) mass is 314 g/mol. The van der Waals surface area contributed by atoms with Gasteiger partial charge in [0.05, 0.1) is 11.6 Å². The molecule has 0 spiro atoms. The Morgan fingerprint density at radius 2 is 1.95 bits per heavy atom. The Bertz CT molecular complexity index is 642. The number of benzene rings is 2. The topological polar surface area (TPSA) is 35.8 Å². The predicted octanol–water partition coefficient (Wildman–Crippen LogP) is 4.55. The van der Waals surface area contributed by atoms with E-state index in [1.54, 1.807) is 0 Å². The van der Waals surface area contributed by atoms with Gasteiger partial charge in [0, 0.05) is 16.7 Å². The van der Waals surface area contributed by atoms with Crippen LogP contribution in [0.4, 0.5) is 5.69 Å². The molecular weight excluding hydrogens is 300 g/mol. The van der Waals surface area contributed by atoms with Gasteiger partial charge in [-0.25, -0.2) is 0 Å². The minimum absolute atomic E-state index is 0.657. The van der Waals surface area contributed by atoms with Crippen LogP contribution in [0.25, 0.3) is 0 Å². The zero-order chi connectivity index (χ0) is 13.8. The zero-order valence-corrected chi connectivity index (χ0v) is 12.6. The summed E-state index contributed by atoms with van der Waals surface area (Å²) in [7, 11) is 0. The molecular formula is C16H15BrN2. The molecule has 0 bridgehead atoms. The standard InChI is InChI=1S/C16H15BrN2/c1-11-3-4-12(2)14(7-11)10-19-16-6-5-13(9-18)8-15(16)17/h3-8,19H,10H2,1-2H3. The van der Waals surface area contributed by atoms with Crippen LogP contribution < -0.4 is 5.32 Å². The minimum atomic E-state index is 0.657. The van der Waals surface area contributed by atoms with E-state index in [4.69, 9.17) is 5.26 Å². The van der Waals surface area contributed by atoms with Crippen molar-refractivity contribution >= 4 is 21.6 Å². The molecule has 0 saturated heterocycles. The van der Waals surface area contributed by atoms with Gasteiger partial charge in [0.25, 0.3) is 0 Å². The van der Waals surface area contributed by atoms with Crippen LogP contribution in [0, 0.1) is 25.2 Å². The molecule has 0 heterocycles. The molecule has 0 atom stereocenters. The second-order valence-electron chi connectivity index (χ2n) is 4.59. The highest BCUT2D eigenvalue weighted by molar-refractivity contribution is 9.10. The Hall–Kier alpha value is -1.79. The van der Waals surface area contributed by atoms with E-state index in [0.29, 0.717) is 5.56 Å². The molecule has 0 amide bonds. The van der Waals surface area contributed by atoms with Crippen molar-refractivity contribution in [3.63, 3.8) is 0 Å². The second kappa shape index (κ2) is 5.90. The third-order valence-corrected chi connectivity index (χ3v) is 3.73. The van der Waals surface area contributed by atoms with Gasteiger partial charge in [-0.2, -0.15) is 5.26 Å². The van der Waals surface area contributed by atoms with E-state index < -0.39 is 0 Å². The molecule has 2 nitrogen and oxygen atoms in total. The largest absolute Gasteiger partial charge is 0.380 e. The maximum absolute atomic E-state index is 8.84. The van der Waals surface area contributed by atoms with Crippen molar-refractivity contribution in [2.24, 2.45) is 0 Å². The van der Waals surface area contributed by atoms with E-state index in [2.05, 4.69) is 59.4 Å². The third-order valence-electron chi connectivity index (χ3n) is 3.07. The second-order valence-corrected chi connectivity index (χ2v) is 5.44. The number of anilines is 1. The first-order chi connectivity index (χ1) is 9.10. The van der Waals surface area contributed by atoms with Crippen LogP contribution in [-0.4, -0.2) is 0 Å². The van der Waals surface area contributed by atoms with E-state index in [1.807, 2.05) is 18.2 Å². The first kappa shape index (κ1) is 13.6. The molecule has 2 aromatic rings. The minimum Gasteiger partial charge on any atom is -0.380 e. The lowest BCUT2D eigenvalue weighted by Gasteiger charge is -2.11. The van der Waals surface area contributed by atoms with Crippen LogP contribution in [0.2, 0.25) is 0 Å². The smallest absolute Gasteiger partial charge is 0.0992 e. The van der Waals surface area contributed by atoms with Crippen LogP contribution in [0.3, 0.4) is 0 Å². The number of halogens is 1. The summed E-state index contributed by atoms with van der Waals surface area (Å²) in [5.41, 5.74) is 5.49. The Morgan fingerprint density at radius 1 is 1.16 bits per heavy atom. The molecule has 0 aliphatic carbocycles. The highest BCUT2D eigenvalue weighted by Crippen LogP contribution is 2.24. The Labute approximate surface area is 122 Å². The van der Waals surface area contributed by atoms with Gasteiger partial charge in [-0.1, -0.05) is 23.8 Å². The number of hydrogen-bond donors (Lipinski definition) is 1. The highest BCUT2D eigenvalue weighted by atomic mass is 79.9. The summed E-state index contributed by atoms with van der Waals surface area (Å²) in [5, 5.41) is 12.2. The fraction of sp³-hybridized carbons (Fsp3) is 0.188. The van der Waals surface area contributed by atoms with Crippen molar-refractivity contribution in [1.82, 2.24) is 0 Å². The summed E-state index contributed by atoms with van der Waals surface area (Å²) >= 11 is 3.48. The SMILES string of the molecule is Cc1ccc(C)c(CNc2ccc(C#N)cc2Br)c1. The van der Waals surface area contributed by atoms with E-state index in [1.165, 1.54) is 16.7 Å². The van der Waals surface area contributed by atoms with Crippen LogP contribution in [0.1, 0.15) is 22.3 Å². The molecule has 19 heavy (non-hydrogen) atoms. The van der Waals surface area contributed by atoms with Gasteiger partial charge < -0.3 is 5.32 Å². The molecule has 0 aromatic heterocycles. The summed E-state index contributed by atoms with van der Waals surface area (Å²) in [4.78, 5) is 0. The quantitative estimate of drug-likeness (QED) is 0.902. The predicted molar refractivity (Wildman–Crippen MR) is 82.1 cm³/mol. The lowest BCUT2D eigenvalue weighted by atomic mass is 10.1. The molecule has 0 aliphatic rings. The molecule has 0 radical (unpaired) electrons. The molecule has 2 aromatic carbocycles. The van der Waals surface area contributed by atoms with Crippen molar-refractivity contribution < 1.29 is 0 Å². The fourth-order valence-corrected chi connectivity index (χ4v) is 2.43. The first-order valence-corrected chi connectivity index (χ1v) is 6.89. The van der Waals surface area contributed by atoms with Gasteiger partial charge in [-0.3, -0.25) is 0 Å². The average molecular weight is 315 g/mol. The maximum atomic E-state index is 8.84. The van der Waals surface area contributed by atoms with E-state index in [9.17, 15) is 0 Å². The number of nitrogens with zero attached hydrogens (tertiary/aromatic N) is 1. The number of hydrogen-bond acceptors (Lipinski definition) is 2. The summed E-state index contributed by atoms with van der Waals surface area (Å²) in [6.45, 7) is 4.99. The lowest BCUT2D eigenvalue weighted by Crippen LogP contribution is -2.02. The van der Waals surface area contributed by atoms with Crippen molar-refractivity contribution in [2.75, 3.05) is 5.32 Å². The van der Waals surface area contributed by atoms with Gasteiger partial charge in [0.15, 0.2) is 0 Å². The number of nitriles is 1. The Kier molecular flexibility index (Phi) is 4.24. The summed E-state index contributed by atoms with van der Waals surface area (Å²) in [6, 6.07) is 14.1. The van der Waals surface area contributed by atoms with Crippen molar-refractivity contribution in [1.29, 1.82) is 5.26 Å². The normalized spacial score (nSPS) is 10.0. The molecule has 0 saturated carbocycles. The highest BCUT2D eigenvalue weighted by Gasteiger charge is 2.03. The van der Waals surface area contributed by atoms with Crippen LogP contribution in [0.15, 0.2) is 40.9 Å². The van der Waals surface area contributed by atoms with E-state index >= 15 is 0 Å². The molecule has 0 fully saturated rings. The zero-order valence-electron chi connectivity index (χ0n) is 11.0. The van der Waals surface area contributed by atoms with E-state index in [0.717, 1.165) is 16.7 Å². The fourth-order valence-electron chi connectivity index (χ4n) is 1.91. The van der Waals surface area contributed by atoms with Gasteiger partial charge >= 0.3 is 0 Å². The Morgan fingerprint density at radius 3 is 2.63 bits per heavy atom. The molecule has 1 N–H and O–H groups in total. The molecule has 0 unspecified atom stereocenters. The summed E-state index contributed by atoms with van der Waals surface area (Å²) in [5.74, 6) is 0. The average Bonchev–Trinajstić information content (AvgIpc) is 2.40. The first-order valence-electron chi connectivity index (χ1n) is 6.10. The van der Waals surface area contributed by atoms with Crippen molar-refractivity contribution in [3.05, 3.63) is 63.1 Å². The molecule has 3 heteroatoms.